The third-order valence-electron chi connectivity index (χ3n) is 3.04. The average Bonchev–Trinajstić information content (AvgIpc) is 2.56. The number of hydrogen-bond donors (Lipinski definition) is 1. The number of hydrogen-bond acceptors (Lipinski definition) is 4. The molecule has 1 amide bonds. The molecule has 0 aliphatic rings. The molecule has 0 spiro atoms. The molecule has 2 aromatic rings. The quantitative estimate of drug-likeness (QED) is 0.811. The average molecular weight is 353 g/mol. The highest BCUT2D eigenvalue weighted by atomic mass is 19.1. The number of nitrogens with one attached hydrogen (secondary N) is 1. The lowest BCUT2D eigenvalue weighted by Gasteiger charge is -2.14. The second-order valence-corrected chi connectivity index (χ2v) is 4.99. The van der Waals surface area contributed by atoms with E-state index in [4.69, 9.17) is 9.47 Å². The summed E-state index contributed by atoms with van der Waals surface area (Å²) in [5.74, 6) is -3.57. The van der Waals surface area contributed by atoms with E-state index >= 15 is 0 Å². The van der Waals surface area contributed by atoms with Crippen molar-refractivity contribution in [2.75, 3.05) is 11.9 Å². The first-order chi connectivity index (χ1) is 11.8. The standard InChI is InChI=1S/C17H14F3NO4/c1-10(17(23)21-15-7-4-12(19)8-14(15)20)25-16(22)9-24-13-5-2-11(18)3-6-13/h2-8,10H,9H2,1H3,(H,21,23)/t10-/m1/s1. The van der Waals surface area contributed by atoms with Crippen LogP contribution in [0.4, 0.5) is 18.9 Å². The predicted molar refractivity (Wildman–Crippen MR) is 82.4 cm³/mol. The maximum atomic E-state index is 13.5. The van der Waals surface area contributed by atoms with Gasteiger partial charge < -0.3 is 14.8 Å². The minimum absolute atomic E-state index is 0.239. The summed E-state index contributed by atoms with van der Waals surface area (Å²) in [5.41, 5.74) is -0.239. The first kappa shape index (κ1) is 18.3. The van der Waals surface area contributed by atoms with Gasteiger partial charge in [0.1, 0.15) is 23.2 Å². The van der Waals surface area contributed by atoms with Crippen LogP contribution in [0.5, 0.6) is 5.75 Å². The van der Waals surface area contributed by atoms with Crippen LogP contribution < -0.4 is 10.1 Å². The number of rotatable bonds is 6. The topological polar surface area (TPSA) is 64.6 Å². The molecule has 2 aromatic carbocycles. The summed E-state index contributed by atoms with van der Waals surface area (Å²) in [6.07, 6.45) is -1.23. The SMILES string of the molecule is C[C@@H](OC(=O)COc1ccc(F)cc1)C(=O)Nc1ccc(F)cc1F. The molecular weight excluding hydrogens is 339 g/mol. The number of amides is 1. The van der Waals surface area contributed by atoms with Crippen molar-refractivity contribution >= 4 is 17.6 Å². The Balaban J connectivity index is 1.83. The van der Waals surface area contributed by atoms with E-state index in [0.717, 1.165) is 24.3 Å². The third kappa shape index (κ3) is 5.52. The van der Waals surface area contributed by atoms with Gasteiger partial charge in [0.05, 0.1) is 5.69 Å². The molecular formula is C17H14F3NO4. The van der Waals surface area contributed by atoms with Crippen molar-refractivity contribution in [2.45, 2.75) is 13.0 Å². The van der Waals surface area contributed by atoms with Crippen molar-refractivity contribution < 1.29 is 32.2 Å². The Bertz CT molecular complexity index is 765. The predicted octanol–water partition coefficient (Wildman–Crippen LogP) is 3.05. The normalized spacial score (nSPS) is 11.5. The minimum Gasteiger partial charge on any atom is -0.482 e. The van der Waals surface area contributed by atoms with Crippen LogP contribution in [0.25, 0.3) is 0 Å². The van der Waals surface area contributed by atoms with Gasteiger partial charge in [0.2, 0.25) is 0 Å². The third-order valence-corrected chi connectivity index (χ3v) is 3.04. The molecule has 0 unspecified atom stereocenters. The largest absolute Gasteiger partial charge is 0.482 e. The van der Waals surface area contributed by atoms with Gasteiger partial charge in [0, 0.05) is 6.07 Å². The lowest BCUT2D eigenvalue weighted by atomic mass is 10.2. The maximum absolute atomic E-state index is 13.5. The smallest absolute Gasteiger partial charge is 0.344 e. The molecule has 0 radical (unpaired) electrons. The molecule has 0 fully saturated rings. The number of esters is 1. The fourth-order valence-corrected chi connectivity index (χ4v) is 1.78. The number of halogens is 3. The molecule has 0 bridgehead atoms. The van der Waals surface area contributed by atoms with Gasteiger partial charge in [0.15, 0.2) is 12.7 Å². The first-order valence-electron chi connectivity index (χ1n) is 7.19. The number of anilines is 1. The first-order valence-corrected chi connectivity index (χ1v) is 7.19. The van der Waals surface area contributed by atoms with Crippen molar-refractivity contribution in [3.05, 3.63) is 59.9 Å². The van der Waals surface area contributed by atoms with Crippen molar-refractivity contribution in [1.82, 2.24) is 0 Å². The number of benzene rings is 2. The van der Waals surface area contributed by atoms with Gasteiger partial charge in [-0.2, -0.15) is 0 Å². The van der Waals surface area contributed by atoms with Crippen LogP contribution in [-0.4, -0.2) is 24.6 Å². The van der Waals surface area contributed by atoms with E-state index in [1.807, 2.05) is 0 Å². The molecule has 0 heterocycles. The number of carbonyl (C=O) groups is 2. The summed E-state index contributed by atoms with van der Waals surface area (Å²) in [7, 11) is 0. The van der Waals surface area contributed by atoms with Crippen molar-refractivity contribution in [3.8, 4) is 5.75 Å². The zero-order chi connectivity index (χ0) is 18.4. The van der Waals surface area contributed by atoms with E-state index in [2.05, 4.69) is 5.32 Å². The van der Waals surface area contributed by atoms with E-state index in [-0.39, 0.29) is 11.4 Å². The van der Waals surface area contributed by atoms with Crippen molar-refractivity contribution in [3.63, 3.8) is 0 Å². The van der Waals surface area contributed by atoms with Gasteiger partial charge >= 0.3 is 5.97 Å². The zero-order valence-electron chi connectivity index (χ0n) is 13.1. The van der Waals surface area contributed by atoms with E-state index in [9.17, 15) is 22.8 Å². The Morgan fingerprint density at radius 1 is 1.04 bits per heavy atom. The Labute approximate surface area is 141 Å². The molecule has 0 saturated heterocycles. The van der Waals surface area contributed by atoms with E-state index < -0.39 is 42.0 Å². The van der Waals surface area contributed by atoms with Crippen LogP contribution in [0.1, 0.15) is 6.92 Å². The molecule has 0 aliphatic carbocycles. The maximum Gasteiger partial charge on any atom is 0.344 e. The van der Waals surface area contributed by atoms with E-state index in [0.29, 0.717) is 6.07 Å². The molecule has 1 N–H and O–H groups in total. The van der Waals surface area contributed by atoms with Crippen LogP contribution >= 0.6 is 0 Å². The summed E-state index contributed by atoms with van der Waals surface area (Å²) >= 11 is 0. The highest BCUT2D eigenvalue weighted by Crippen LogP contribution is 2.15. The summed E-state index contributed by atoms with van der Waals surface area (Å²) in [4.78, 5) is 23.5. The molecule has 25 heavy (non-hydrogen) atoms. The fourth-order valence-electron chi connectivity index (χ4n) is 1.78. The lowest BCUT2D eigenvalue weighted by Crippen LogP contribution is -2.32. The lowest BCUT2D eigenvalue weighted by molar-refractivity contribution is -0.155. The molecule has 0 saturated carbocycles. The molecule has 132 valence electrons. The Morgan fingerprint density at radius 2 is 1.68 bits per heavy atom. The van der Waals surface area contributed by atoms with Crippen molar-refractivity contribution in [1.29, 1.82) is 0 Å². The van der Waals surface area contributed by atoms with Gasteiger partial charge in [-0.15, -0.1) is 0 Å². The molecule has 2 rings (SSSR count). The van der Waals surface area contributed by atoms with Crippen LogP contribution in [0.3, 0.4) is 0 Å². The Kier molecular flexibility index (Phi) is 5.99. The highest BCUT2D eigenvalue weighted by molar-refractivity contribution is 5.95. The summed E-state index contributed by atoms with van der Waals surface area (Å²) in [6, 6.07) is 7.62. The Hall–Kier alpha value is -3.03. The summed E-state index contributed by atoms with van der Waals surface area (Å²) in [5, 5.41) is 2.18. The monoisotopic (exact) mass is 353 g/mol. The molecule has 0 aromatic heterocycles. The van der Waals surface area contributed by atoms with Gasteiger partial charge in [-0.1, -0.05) is 0 Å². The molecule has 1 atom stereocenters. The van der Waals surface area contributed by atoms with Gasteiger partial charge in [0.25, 0.3) is 5.91 Å². The zero-order valence-corrected chi connectivity index (χ0v) is 13.1. The summed E-state index contributed by atoms with van der Waals surface area (Å²) < 4.78 is 48.9. The van der Waals surface area contributed by atoms with Gasteiger partial charge in [-0.05, 0) is 43.3 Å². The molecule has 5 nitrogen and oxygen atoms in total. The second-order valence-electron chi connectivity index (χ2n) is 4.99. The fraction of sp³-hybridized carbons (Fsp3) is 0.176. The highest BCUT2D eigenvalue weighted by Gasteiger charge is 2.19. The van der Waals surface area contributed by atoms with Crippen LogP contribution in [-0.2, 0) is 14.3 Å². The Morgan fingerprint density at radius 3 is 2.32 bits per heavy atom. The van der Waals surface area contributed by atoms with Crippen molar-refractivity contribution in [2.24, 2.45) is 0 Å². The van der Waals surface area contributed by atoms with Gasteiger partial charge in [-0.25, -0.2) is 18.0 Å². The molecule has 0 aliphatic heterocycles. The minimum atomic E-state index is -1.23. The van der Waals surface area contributed by atoms with E-state index in [1.165, 1.54) is 19.1 Å². The van der Waals surface area contributed by atoms with E-state index in [1.54, 1.807) is 0 Å². The van der Waals surface area contributed by atoms with Crippen LogP contribution in [0.2, 0.25) is 0 Å². The van der Waals surface area contributed by atoms with Crippen LogP contribution in [0, 0.1) is 17.5 Å². The number of carbonyl (C=O) groups excluding carboxylic acids is 2. The summed E-state index contributed by atoms with van der Waals surface area (Å²) in [6.45, 7) is 0.792. The van der Waals surface area contributed by atoms with Crippen LogP contribution in [0.15, 0.2) is 42.5 Å². The second kappa shape index (κ2) is 8.18. The molecule has 8 heteroatoms. The van der Waals surface area contributed by atoms with Gasteiger partial charge in [-0.3, -0.25) is 4.79 Å². The number of ether oxygens (including phenoxy) is 2.